The quantitative estimate of drug-likeness (QED) is 0.232. The van der Waals surface area contributed by atoms with Crippen LogP contribution >= 0.6 is 15.9 Å². The van der Waals surface area contributed by atoms with Gasteiger partial charge in [0.1, 0.15) is 0 Å². The Labute approximate surface area is 146 Å². The van der Waals surface area contributed by atoms with Crippen molar-refractivity contribution in [2.75, 3.05) is 0 Å². The van der Waals surface area contributed by atoms with Crippen LogP contribution < -0.4 is 0 Å². The van der Waals surface area contributed by atoms with Gasteiger partial charge in [0.05, 0.1) is 10.5 Å². The molecule has 0 aromatic heterocycles. The van der Waals surface area contributed by atoms with E-state index in [1.807, 2.05) is 48.5 Å². The number of nitro groups is 1. The minimum absolute atomic E-state index is 0.102. The number of nitrogens with zero attached hydrogens (tertiary/aromatic N) is 1. The molecule has 0 bridgehead atoms. The van der Waals surface area contributed by atoms with Crippen LogP contribution in [0.2, 0.25) is 0 Å². The second-order valence-corrected chi connectivity index (χ2v) is 6.53. The van der Waals surface area contributed by atoms with Gasteiger partial charge >= 0.3 is 0 Å². The number of hydrogen-bond donors (Lipinski definition) is 0. The van der Waals surface area contributed by atoms with E-state index in [1.54, 1.807) is 12.1 Å². The molecule has 0 spiro atoms. The zero-order chi connectivity index (χ0) is 16.7. The van der Waals surface area contributed by atoms with E-state index in [0.29, 0.717) is 10.0 Å². The summed E-state index contributed by atoms with van der Waals surface area (Å²) in [6.45, 7) is 0. The fourth-order valence-electron chi connectivity index (χ4n) is 3.16. The van der Waals surface area contributed by atoms with Gasteiger partial charge in [0.25, 0.3) is 5.69 Å². The molecule has 0 heterocycles. The molecule has 0 aliphatic carbocycles. The first-order valence-electron chi connectivity index (χ1n) is 7.50. The molecule has 0 fully saturated rings. The van der Waals surface area contributed by atoms with Crippen molar-refractivity contribution >= 4 is 43.2 Å². The van der Waals surface area contributed by atoms with E-state index in [2.05, 4.69) is 28.1 Å². The summed E-state index contributed by atoms with van der Waals surface area (Å²) in [7, 11) is 0. The van der Waals surface area contributed by atoms with Crippen LogP contribution in [0.1, 0.15) is 0 Å². The highest BCUT2D eigenvalue weighted by Gasteiger charge is 2.18. The van der Waals surface area contributed by atoms with Crippen molar-refractivity contribution in [3.63, 3.8) is 0 Å². The Morgan fingerprint density at radius 2 is 1.42 bits per heavy atom. The summed E-state index contributed by atoms with van der Waals surface area (Å²) in [5.41, 5.74) is 1.61. The average molecular weight is 378 g/mol. The Bertz CT molecular complexity index is 1110. The van der Waals surface area contributed by atoms with Crippen LogP contribution in [0.25, 0.3) is 32.7 Å². The largest absolute Gasteiger partial charge is 0.278 e. The predicted octanol–water partition coefficient (Wildman–Crippen LogP) is 6.33. The number of nitro benzene ring substituents is 1. The van der Waals surface area contributed by atoms with E-state index in [-0.39, 0.29) is 10.6 Å². The third kappa shape index (κ3) is 2.36. The Morgan fingerprint density at radius 1 is 0.750 bits per heavy atom. The topological polar surface area (TPSA) is 43.1 Å². The summed E-state index contributed by atoms with van der Waals surface area (Å²) >= 11 is 3.32. The molecule has 0 saturated heterocycles. The van der Waals surface area contributed by atoms with Crippen molar-refractivity contribution in [1.29, 1.82) is 0 Å². The molecule has 116 valence electrons. The van der Waals surface area contributed by atoms with E-state index in [4.69, 9.17) is 0 Å². The Kier molecular flexibility index (Phi) is 3.54. The minimum Gasteiger partial charge on any atom is -0.258 e. The van der Waals surface area contributed by atoms with Gasteiger partial charge in [0, 0.05) is 10.5 Å². The first kappa shape index (κ1) is 14.8. The average Bonchev–Trinajstić information content (AvgIpc) is 2.61. The number of halogens is 1. The van der Waals surface area contributed by atoms with Crippen molar-refractivity contribution in [3.05, 3.63) is 87.4 Å². The molecular formula is C20H12BrNO2. The van der Waals surface area contributed by atoms with Crippen LogP contribution in [0.5, 0.6) is 0 Å². The smallest absolute Gasteiger partial charge is 0.258 e. The molecule has 4 rings (SSSR count). The molecule has 4 aromatic carbocycles. The van der Waals surface area contributed by atoms with Gasteiger partial charge in [-0.25, -0.2) is 0 Å². The van der Waals surface area contributed by atoms with Gasteiger partial charge in [0.2, 0.25) is 0 Å². The lowest BCUT2D eigenvalue weighted by Crippen LogP contribution is -1.93. The lowest BCUT2D eigenvalue weighted by Gasteiger charge is -2.11. The van der Waals surface area contributed by atoms with E-state index in [0.717, 1.165) is 27.1 Å². The standard InChI is InChI=1S/C20H12BrNO2/c21-14-9-10-18(20(12-14)22(23)24)19-11-13-5-1-2-6-15(13)16-7-3-4-8-17(16)19/h1-12H. The minimum atomic E-state index is -0.329. The predicted molar refractivity (Wildman–Crippen MR) is 101 cm³/mol. The molecule has 4 heteroatoms. The fourth-order valence-corrected chi connectivity index (χ4v) is 3.51. The summed E-state index contributed by atoms with van der Waals surface area (Å²) < 4.78 is 0.697. The van der Waals surface area contributed by atoms with Gasteiger partial charge in [-0.05, 0) is 45.3 Å². The number of hydrogen-bond acceptors (Lipinski definition) is 2. The van der Waals surface area contributed by atoms with Crippen molar-refractivity contribution < 1.29 is 4.92 Å². The highest BCUT2D eigenvalue weighted by Crippen LogP contribution is 2.39. The van der Waals surface area contributed by atoms with Crippen LogP contribution in [-0.4, -0.2) is 4.92 Å². The van der Waals surface area contributed by atoms with Crippen molar-refractivity contribution in [1.82, 2.24) is 0 Å². The summed E-state index contributed by atoms with van der Waals surface area (Å²) in [4.78, 5) is 11.2. The van der Waals surface area contributed by atoms with Crippen molar-refractivity contribution in [3.8, 4) is 11.1 Å². The van der Waals surface area contributed by atoms with Crippen molar-refractivity contribution in [2.45, 2.75) is 0 Å². The highest BCUT2D eigenvalue weighted by atomic mass is 79.9. The summed E-state index contributed by atoms with van der Waals surface area (Å²) in [6, 6.07) is 23.4. The van der Waals surface area contributed by atoms with Crippen LogP contribution in [0.3, 0.4) is 0 Å². The zero-order valence-corrected chi connectivity index (χ0v) is 14.2. The van der Waals surface area contributed by atoms with E-state index in [9.17, 15) is 10.1 Å². The molecule has 0 aliphatic heterocycles. The summed E-state index contributed by atoms with van der Waals surface area (Å²) in [5.74, 6) is 0. The second-order valence-electron chi connectivity index (χ2n) is 5.61. The van der Waals surface area contributed by atoms with Gasteiger partial charge in [-0.15, -0.1) is 0 Å². The van der Waals surface area contributed by atoms with Crippen LogP contribution in [0.4, 0.5) is 5.69 Å². The number of benzene rings is 4. The third-order valence-corrected chi connectivity index (χ3v) is 4.71. The maximum absolute atomic E-state index is 11.5. The van der Waals surface area contributed by atoms with E-state index in [1.165, 1.54) is 0 Å². The zero-order valence-electron chi connectivity index (χ0n) is 12.6. The Hall–Kier alpha value is -2.72. The van der Waals surface area contributed by atoms with Gasteiger partial charge < -0.3 is 0 Å². The van der Waals surface area contributed by atoms with Gasteiger partial charge in [-0.3, -0.25) is 10.1 Å². The molecule has 0 saturated carbocycles. The normalized spacial score (nSPS) is 11.0. The number of fused-ring (bicyclic) bond motifs is 3. The molecule has 0 aliphatic rings. The molecule has 4 aromatic rings. The van der Waals surface area contributed by atoms with Gasteiger partial charge in [-0.2, -0.15) is 0 Å². The lowest BCUT2D eigenvalue weighted by molar-refractivity contribution is -0.384. The highest BCUT2D eigenvalue weighted by molar-refractivity contribution is 9.10. The summed E-state index contributed by atoms with van der Waals surface area (Å²) in [6.07, 6.45) is 0. The molecule has 0 atom stereocenters. The van der Waals surface area contributed by atoms with Crippen LogP contribution in [0.15, 0.2) is 77.3 Å². The molecular weight excluding hydrogens is 366 g/mol. The number of rotatable bonds is 2. The molecule has 0 radical (unpaired) electrons. The molecule has 0 unspecified atom stereocenters. The second kappa shape index (κ2) is 5.73. The summed E-state index contributed by atoms with van der Waals surface area (Å²) in [5, 5.41) is 15.9. The lowest BCUT2D eigenvalue weighted by atomic mass is 9.92. The SMILES string of the molecule is O=[N+]([O-])c1cc(Br)ccc1-c1cc2ccccc2c2ccccc12. The maximum atomic E-state index is 11.5. The van der Waals surface area contributed by atoms with E-state index < -0.39 is 0 Å². The van der Waals surface area contributed by atoms with Gasteiger partial charge in [-0.1, -0.05) is 64.5 Å². The Morgan fingerprint density at radius 3 is 2.17 bits per heavy atom. The Balaban J connectivity index is 2.16. The molecule has 3 nitrogen and oxygen atoms in total. The first-order chi connectivity index (χ1) is 11.6. The first-order valence-corrected chi connectivity index (χ1v) is 8.29. The third-order valence-electron chi connectivity index (χ3n) is 4.21. The van der Waals surface area contributed by atoms with Crippen molar-refractivity contribution in [2.24, 2.45) is 0 Å². The maximum Gasteiger partial charge on any atom is 0.278 e. The molecule has 0 N–H and O–H groups in total. The van der Waals surface area contributed by atoms with Gasteiger partial charge in [0.15, 0.2) is 0 Å². The monoisotopic (exact) mass is 377 g/mol. The molecule has 0 amide bonds. The molecule has 24 heavy (non-hydrogen) atoms. The van der Waals surface area contributed by atoms with Crippen LogP contribution in [-0.2, 0) is 0 Å². The fraction of sp³-hybridized carbons (Fsp3) is 0. The van der Waals surface area contributed by atoms with Crippen LogP contribution in [0, 0.1) is 10.1 Å². The van der Waals surface area contributed by atoms with E-state index >= 15 is 0 Å².